The molecule has 5 aromatic rings. The fourth-order valence-electron chi connectivity index (χ4n) is 5.82. The molecule has 278 valence electrons. The van der Waals surface area contributed by atoms with Gasteiger partial charge < -0.3 is 30.7 Å². The number of hydrogen-bond donors (Lipinski definition) is 4. The van der Waals surface area contributed by atoms with Crippen LogP contribution in [-0.2, 0) is 35.5 Å². The molecule has 0 aliphatic rings. The van der Waals surface area contributed by atoms with Crippen molar-refractivity contribution in [1.82, 2.24) is 30.8 Å². The molecule has 3 aromatic carbocycles. The molecule has 4 atom stereocenters. The topological polar surface area (TPSA) is 146 Å². The third-order valence-corrected chi connectivity index (χ3v) is 10.3. The number of rotatable bonds is 17. The Balaban J connectivity index is 1.26. The maximum atomic E-state index is 13.9. The number of ether oxygens (including phenoxy) is 1. The predicted molar refractivity (Wildman–Crippen MR) is 208 cm³/mol. The van der Waals surface area contributed by atoms with E-state index in [0.717, 1.165) is 32.3 Å². The van der Waals surface area contributed by atoms with Crippen LogP contribution in [0.3, 0.4) is 0 Å². The monoisotopic (exact) mass is 754 g/mol. The maximum Gasteiger partial charge on any atom is 0.407 e. The summed E-state index contributed by atoms with van der Waals surface area (Å²) in [6, 6.07) is 26.6. The molecule has 11 nitrogen and oxygen atoms in total. The Labute approximate surface area is 318 Å². The van der Waals surface area contributed by atoms with Crippen LogP contribution in [-0.4, -0.2) is 69.3 Å². The van der Waals surface area contributed by atoms with Crippen molar-refractivity contribution in [3.05, 3.63) is 130 Å². The van der Waals surface area contributed by atoms with Gasteiger partial charge in [-0.25, -0.2) is 14.6 Å². The predicted octanol–water partition coefficient (Wildman–Crippen LogP) is 6.45. The van der Waals surface area contributed by atoms with E-state index in [9.17, 15) is 19.5 Å². The van der Waals surface area contributed by atoms with Gasteiger partial charge in [0.15, 0.2) is 0 Å². The van der Waals surface area contributed by atoms with Crippen LogP contribution in [0.1, 0.15) is 42.0 Å². The number of nitrogens with one attached hydrogen (secondary N) is 3. The number of carbonyl (C=O) groups excluding carboxylic acids is 3. The summed E-state index contributed by atoms with van der Waals surface area (Å²) in [4.78, 5) is 51.3. The van der Waals surface area contributed by atoms with E-state index in [1.165, 1.54) is 27.6 Å². The average molecular weight is 755 g/mol. The van der Waals surface area contributed by atoms with Gasteiger partial charge in [-0.2, -0.15) is 0 Å². The maximum absolute atomic E-state index is 13.9. The molecule has 0 aliphatic heterocycles. The van der Waals surface area contributed by atoms with Crippen molar-refractivity contribution in [2.75, 3.05) is 7.05 Å². The number of alkyl carbamates (subject to hydrolysis) is 1. The summed E-state index contributed by atoms with van der Waals surface area (Å²) in [5, 5.41) is 23.4. The fourth-order valence-corrected chi connectivity index (χ4v) is 7.14. The summed E-state index contributed by atoms with van der Waals surface area (Å²) in [5.74, 6) is -0.606. The largest absolute Gasteiger partial charge is 0.444 e. The number of aromatic nitrogens is 2. The van der Waals surface area contributed by atoms with Crippen LogP contribution < -0.4 is 16.0 Å². The minimum absolute atomic E-state index is 0.0628. The highest BCUT2D eigenvalue weighted by molar-refractivity contribution is 7.13. The van der Waals surface area contributed by atoms with Gasteiger partial charge in [0.2, 0.25) is 5.91 Å². The Kier molecular flexibility index (Phi) is 14.5. The highest BCUT2D eigenvalue weighted by Crippen LogP contribution is 2.24. The van der Waals surface area contributed by atoms with E-state index in [-0.39, 0.29) is 31.4 Å². The van der Waals surface area contributed by atoms with Crippen molar-refractivity contribution in [2.24, 2.45) is 5.92 Å². The number of hydrogen-bond acceptors (Lipinski definition) is 9. The quantitative estimate of drug-likeness (QED) is 0.0854. The Morgan fingerprint density at radius 3 is 2.11 bits per heavy atom. The van der Waals surface area contributed by atoms with Crippen LogP contribution in [0.25, 0.3) is 10.6 Å². The molecule has 2 heterocycles. The third-order valence-electron chi connectivity index (χ3n) is 8.64. The molecule has 13 heteroatoms. The van der Waals surface area contributed by atoms with Gasteiger partial charge in [0, 0.05) is 30.2 Å². The molecular weight excluding hydrogens is 709 g/mol. The van der Waals surface area contributed by atoms with Gasteiger partial charge in [0.05, 0.1) is 34.8 Å². The SMILES string of the molecule is CC(C)[C@H](NC(=O)N(C)Cc1csc(-c2ccccc2)n1)C(=O)N[C@@H](Cc1ccccc1)C[C@H](O)[C@H](Cc1ccccc1)NC(=O)OCc1cncs1. The number of amides is 4. The minimum Gasteiger partial charge on any atom is -0.444 e. The highest BCUT2D eigenvalue weighted by atomic mass is 32.1. The molecule has 0 unspecified atom stereocenters. The number of benzene rings is 3. The first-order chi connectivity index (χ1) is 25.6. The summed E-state index contributed by atoms with van der Waals surface area (Å²) in [6.45, 7) is 4.08. The van der Waals surface area contributed by atoms with Gasteiger partial charge in [-0.1, -0.05) is 105 Å². The molecule has 0 aliphatic carbocycles. The van der Waals surface area contributed by atoms with Crippen molar-refractivity contribution in [1.29, 1.82) is 0 Å². The van der Waals surface area contributed by atoms with Crippen LogP contribution in [0.5, 0.6) is 0 Å². The Morgan fingerprint density at radius 2 is 1.49 bits per heavy atom. The van der Waals surface area contributed by atoms with Crippen LogP contribution in [0.2, 0.25) is 0 Å². The number of urea groups is 1. The van der Waals surface area contributed by atoms with E-state index >= 15 is 0 Å². The first kappa shape index (κ1) is 39.1. The molecule has 5 rings (SSSR count). The summed E-state index contributed by atoms with van der Waals surface area (Å²) < 4.78 is 5.43. The molecule has 4 N–H and O–H groups in total. The van der Waals surface area contributed by atoms with Crippen LogP contribution in [0.4, 0.5) is 9.59 Å². The second kappa shape index (κ2) is 19.6. The molecule has 0 spiro atoms. The average Bonchev–Trinajstić information content (AvgIpc) is 3.86. The van der Waals surface area contributed by atoms with E-state index in [1.54, 1.807) is 18.8 Å². The van der Waals surface area contributed by atoms with E-state index < -0.39 is 36.4 Å². The number of carbonyl (C=O) groups is 3. The van der Waals surface area contributed by atoms with Crippen LogP contribution >= 0.6 is 22.7 Å². The van der Waals surface area contributed by atoms with E-state index in [2.05, 4.69) is 20.9 Å². The zero-order chi connectivity index (χ0) is 37.6. The minimum atomic E-state index is -1.06. The highest BCUT2D eigenvalue weighted by Gasteiger charge is 2.31. The number of thiazole rings is 2. The Hall–Kier alpha value is -5.11. The molecule has 2 aromatic heterocycles. The lowest BCUT2D eigenvalue weighted by Crippen LogP contribution is -2.55. The van der Waals surface area contributed by atoms with Crippen molar-refractivity contribution in [3.8, 4) is 10.6 Å². The lowest BCUT2D eigenvalue weighted by molar-refractivity contribution is -0.124. The first-order valence-corrected chi connectivity index (χ1v) is 19.3. The van der Waals surface area contributed by atoms with Gasteiger partial charge >= 0.3 is 12.1 Å². The summed E-state index contributed by atoms with van der Waals surface area (Å²) in [7, 11) is 1.67. The Bertz CT molecular complexity index is 1860. The molecular formula is C40H46N6O5S2. The van der Waals surface area contributed by atoms with E-state index in [0.29, 0.717) is 12.8 Å². The van der Waals surface area contributed by atoms with Gasteiger partial charge in [-0.15, -0.1) is 22.7 Å². The van der Waals surface area contributed by atoms with Gasteiger partial charge in [0.1, 0.15) is 17.7 Å². The molecule has 0 radical (unpaired) electrons. The van der Waals surface area contributed by atoms with Crippen LogP contribution in [0, 0.1) is 5.92 Å². The lowest BCUT2D eigenvalue weighted by atomic mass is 9.93. The van der Waals surface area contributed by atoms with Crippen molar-refractivity contribution in [2.45, 2.75) is 70.5 Å². The number of aliphatic hydroxyl groups excluding tert-OH is 1. The molecule has 4 amide bonds. The second-order valence-electron chi connectivity index (χ2n) is 13.2. The second-order valence-corrected chi connectivity index (χ2v) is 15.0. The van der Waals surface area contributed by atoms with Gasteiger partial charge in [-0.3, -0.25) is 9.78 Å². The normalized spacial score (nSPS) is 13.4. The van der Waals surface area contributed by atoms with Crippen molar-refractivity contribution >= 4 is 40.7 Å². The van der Waals surface area contributed by atoms with E-state index in [1.807, 2.05) is 110 Å². The molecule has 0 bridgehead atoms. The smallest absolute Gasteiger partial charge is 0.407 e. The van der Waals surface area contributed by atoms with E-state index in [4.69, 9.17) is 9.72 Å². The summed E-state index contributed by atoms with van der Waals surface area (Å²) in [6.07, 6.45) is 0.800. The third kappa shape index (κ3) is 12.2. The lowest BCUT2D eigenvalue weighted by Gasteiger charge is -2.30. The number of nitrogens with zero attached hydrogens (tertiary/aromatic N) is 3. The van der Waals surface area contributed by atoms with Gasteiger partial charge in [0.25, 0.3) is 0 Å². The molecule has 53 heavy (non-hydrogen) atoms. The molecule has 0 saturated heterocycles. The Morgan fingerprint density at radius 1 is 0.849 bits per heavy atom. The standard InChI is InChI=1S/C40H46N6O5S2/c1-27(2)36(45-39(49)46(3)23-32-25-52-38(43-32)30-17-11-6-12-18-30)37(48)42-31(19-28-13-7-4-8-14-28)21-35(47)34(20-29-15-9-5-10-16-29)44-40(50)51-24-33-22-41-26-53-33/h4-18,22,25-27,31,34-36,47H,19-21,23-24H2,1-3H3,(H,42,48)(H,44,50)(H,45,49)/t31-,34-,35-,36-/m0/s1. The first-order valence-electron chi connectivity index (χ1n) is 17.5. The van der Waals surface area contributed by atoms with Gasteiger partial charge in [-0.05, 0) is 36.3 Å². The van der Waals surface area contributed by atoms with Crippen molar-refractivity contribution < 1.29 is 24.2 Å². The summed E-state index contributed by atoms with van der Waals surface area (Å²) in [5.41, 5.74) is 5.31. The molecule has 0 saturated carbocycles. The fraction of sp³-hybridized carbons (Fsp3) is 0.325. The summed E-state index contributed by atoms with van der Waals surface area (Å²) >= 11 is 2.89. The zero-order valence-electron chi connectivity index (χ0n) is 30.1. The zero-order valence-corrected chi connectivity index (χ0v) is 31.7. The van der Waals surface area contributed by atoms with Crippen LogP contribution in [0.15, 0.2) is 108 Å². The van der Waals surface area contributed by atoms with Crippen molar-refractivity contribution in [3.63, 3.8) is 0 Å². The molecule has 0 fully saturated rings. The number of aliphatic hydroxyl groups is 1.